The van der Waals surface area contributed by atoms with E-state index in [2.05, 4.69) is 57.5 Å². The normalized spacial score (nSPS) is 12.6. The van der Waals surface area contributed by atoms with Gasteiger partial charge in [0.25, 0.3) is 0 Å². The molecule has 1 aromatic carbocycles. The van der Waals surface area contributed by atoms with Crippen molar-refractivity contribution in [1.29, 1.82) is 0 Å². The van der Waals surface area contributed by atoms with Gasteiger partial charge in [-0.25, -0.2) is 0 Å². The Morgan fingerprint density at radius 2 is 2.00 bits per heavy atom. The number of nitrogens with zero attached hydrogens (tertiary/aromatic N) is 2. The Labute approximate surface area is 139 Å². The molecule has 1 heterocycles. The van der Waals surface area contributed by atoms with E-state index >= 15 is 0 Å². The molecule has 0 saturated heterocycles. The van der Waals surface area contributed by atoms with Gasteiger partial charge in [-0.15, -0.1) is 11.8 Å². The molecule has 0 aliphatic heterocycles. The number of hydrogen-bond donors (Lipinski definition) is 1. The van der Waals surface area contributed by atoms with Gasteiger partial charge in [0.15, 0.2) is 0 Å². The Balaban J connectivity index is 2.19. The first-order valence-corrected chi connectivity index (χ1v) is 8.92. The quantitative estimate of drug-likeness (QED) is 0.779. The third kappa shape index (κ3) is 3.90. The summed E-state index contributed by atoms with van der Waals surface area (Å²) in [5.41, 5.74) is 3.57. The molecule has 3 nitrogen and oxygen atoms in total. The van der Waals surface area contributed by atoms with Crippen molar-refractivity contribution in [3.05, 3.63) is 45.7 Å². The summed E-state index contributed by atoms with van der Waals surface area (Å²) in [5.74, 6) is 1.11. The van der Waals surface area contributed by atoms with Gasteiger partial charge in [-0.2, -0.15) is 5.10 Å². The van der Waals surface area contributed by atoms with E-state index < -0.39 is 0 Å². The van der Waals surface area contributed by atoms with Gasteiger partial charge in [0.1, 0.15) is 0 Å². The van der Waals surface area contributed by atoms with E-state index in [4.69, 9.17) is 0 Å². The van der Waals surface area contributed by atoms with Crippen LogP contribution >= 0.6 is 27.7 Å². The zero-order valence-electron chi connectivity index (χ0n) is 13.0. The van der Waals surface area contributed by atoms with Crippen LogP contribution in [0.5, 0.6) is 0 Å². The van der Waals surface area contributed by atoms with Crippen molar-refractivity contribution in [3.63, 3.8) is 0 Å². The van der Waals surface area contributed by atoms with Crippen LogP contribution in [0.3, 0.4) is 0 Å². The molecule has 1 N–H and O–H groups in total. The Morgan fingerprint density at radius 3 is 2.48 bits per heavy atom. The minimum absolute atomic E-state index is 0.289. The maximum absolute atomic E-state index is 4.47. The number of hydrogen-bond acceptors (Lipinski definition) is 3. The van der Waals surface area contributed by atoms with Gasteiger partial charge in [-0.1, -0.05) is 19.1 Å². The van der Waals surface area contributed by atoms with Crippen molar-refractivity contribution in [2.45, 2.75) is 31.2 Å². The van der Waals surface area contributed by atoms with Crippen molar-refractivity contribution < 1.29 is 0 Å². The van der Waals surface area contributed by atoms with Crippen LogP contribution < -0.4 is 5.32 Å². The van der Waals surface area contributed by atoms with Gasteiger partial charge < -0.3 is 5.32 Å². The van der Waals surface area contributed by atoms with Crippen molar-refractivity contribution in [2.75, 3.05) is 12.8 Å². The molecule has 0 saturated carbocycles. The molecule has 2 aromatic rings. The standard InChI is InChI=1S/C16H22BrN3S/c1-5-21-13-8-6-12(7-9-13)14(18-3)10-15-16(17)11(2)19-20(15)4/h6-9,14,18H,5,10H2,1-4H3. The lowest BCUT2D eigenvalue weighted by Gasteiger charge is -2.17. The molecule has 2 rings (SSSR count). The molecule has 1 aromatic heterocycles. The van der Waals surface area contributed by atoms with Crippen molar-refractivity contribution in [2.24, 2.45) is 7.05 Å². The lowest BCUT2D eigenvalue weighted by molar-refractivity contribution is 0.560. The number of thioether (sulfide) groups is 1. The summed E-state index contributed by atoms with van der Waals surface area (Å²) in [4.78, 5) is 1.33. The molecule has 0 bridgehead atoms. The number of benzene rings is 1. The topological polar surface area (TPSA) is 29.9 Å². The van der Waals surface area contributed by atoms with Crippen LogP contribution in [-0.2, 0) is 13.5 Å². The van der Waals surface area contributed by atoms with Crippen LogP contribution in [0.4, 0.5) is 0 Å². The SMILES string of the molecule is CCSc1ccc(C(Cc2c(Br)c(C)nn2C)NC)cc1. The summed E-state index contributed by atoms with van der Waals surface area (Å²) < 4.78 is 3.08. The summed E-state index contributed by atoms with van der Waals surface area (Å²) in [6.45, 7) is 4.20. The molecule has 0 amide bonds. The Kier molecular flexibility index (Phi) is 5.90. The van der Waals surface area contributed by atoms with Gasteiger partial charge in [0.2, 0.25) is 0 Å². The average Bonchev–Trinajstić information content (AvgIpc) is 2.72. The van der Waals surface area contributed by atoms with E-state index in [0.717, 1.165) is 22.3 Å². The van der Waals surface area contributed by atoms with E-state index in [-0.39, 0.29) is 6.04 Å². The van der Waals surface area contributed by atoms with Gasteiger partial charge in [-0.05, 0) is 53.4 Å². The Morgan fingerprint density at radius 1 is 1.33 bits per heavy atom. The fourth-order valence-electron chi connectivity index (χ4n) is 2.44. The highest BCUT2D eigenvalue weighted by Gasteiger charge is 2.17. The number of nitrogens with one attached hydrogen (secondary N) is 1. The van der Waals surface area contributed by atoms with Crippen LogP contribution in [0, 0.1) is 6.92 Å². The van der Waals surface area contributed by atoms with Gasteiger partial charge in [0.05, 0.1) is 15.9 Å². The summed E-state index contributed by atoms with van der Waals surface area (Å²) >= 11 is 5.52. The predicted octanol–water partition coefficient (Wildman–Crippen LogP) is 4.11. The zero-order valence-corrected chi connectivity index (χ0v) is 15.4. The highest BCUT2D eigenvalue weighted by Crippen LogP contribution is 2.27. The fraction of sp³-hybridized carbons (Fsp3) is 0.438. The number of aromatic nitrogens is 2. The van der Waals surface area contributed by atoms with Crippen LogP contribution in [0.25, 0.3) is 0 Å². The summed E-state index contributed by atoms with van der Waals surface area (Å²) in [6, 6.07) is 9.14. The average molecular weight is 368 g/mol. The van der Waals surface area contributed by atoms with Crippen LogP contribution in [0.15, 0.2) is 33.6 Å². The van der Waals surface area contributed by atoms with E-state index in [1.165, 1.54) is 16.2 Å². The van der Waals surface area contributed by atoms with E-state index in [1.54, 1.807) is 0 Å². The molecule has 5 heteroatoms. The Hall–Kier alpha value is -0.780. The maximum atomic E-state index is 4.47. The second kappa shape index (κ2) is 7.47. The van der Waals surface area contributed by atoms with Crippen LogP contribution in [-0.4, -0.2) is 22.6 Å². The number of rotatable bonds is 6. The lowest BCUT2D eigenvalue weighted by atomic mass is 10.0. The largest absolute Gasteiger partial charge is 0.313 e. The predicted molar refractivity (Wildman–Crippen MR) is 94.0 cm³/mol. The van der Waals surface area contributed by atoms with E-state index in [1.807, 2.05) is 37.5 Å². The Bertz CT molecular complexity index is 592. The summed E-state index contributed by atoms with van der Waals surface area (Å²) in [6.07, 6.45) is 0.911. The third-order valence-electron chi connectivity index (χ3n) is 3.60. The highest BCUT2D eigenvalue weighted by molar-refractivity contribution is 9.10. The molecule has 0 aliphatic carbocycles. The second-order valence-corrected chi connectivity index (χ2v) is 7.15. The summed E-state index contributed by atoms with van der Waals surface area (Å²) in [7, 11) is 4.01. The lowest BCUT2D eigenvalue weighted by Crippen LogP contribution is -2.20. The monoisotopic (exact) mass is 367 g/mol. The second-order valence-electron chi connectivity index (χ2n) is 5.02. The van der Waals surface area contributed by atoms with Gasteiger partial charge in [-0.3, -0.25) is 4.68 Å². The molecule has 1 atom stereocenters. The molecular formula is C16H22BrN3S. The summed E-state index contributed by atoms with van der Waals surface area (Å²) in [5, 5.41) is 7.88. The van der Waals surface area contributed by atoms with E-state index in [0.29, 0.717) is 0 Å². The smallest absolute Gasteiger partial charge is 0.0738 e. The zero-order chi connectivity index (χ0) is 15.4. The molecule has 114 valence electrons. The molecule has 0 radical (unpaired) electrons. The maximum Gasteiger partial charge on any atom is 0.0738 e. The van der Waals surface area contributed by atoms with Crippen molar-refractivity contribution >= 4 is 27.7 Å². The van der Waals surface area contributed by atoms with Crippen LogP contribution in [0.2, 0.25) is 0 Å². The first-order chi connectivity index (χ1) is 10.1. The first kappa shape index (κ1) is 16.6. The molecular weight excluding hydrogens is 346 g/mol. The molecule has 0 aliphatic rings. The van der Waals surface area contributed by atoms with E-state index in [9.17, 15) is 0 Å². The van der Waals surface area contributed by atoms with Crippen LogP contribution in [0.1, 0.15) is 29.9 Å². The fourth-order valence-corrected chi connectivity index (χ4v) is 3.60. The third-order valence-corrected chi connectivity index (χ3v) is 5.53. The first-order valence-electron chi connectivity index (χ1n) is 7.14. The highest BCUT2D eigenvalue weighted by atomic mass is 79.9. The number of likely N-dealkylation sites (N-methyl/N-ethyl adjacent to an activating group) is 1. The van der Waals surface area contributed by atoms with Gasteiger partial charge >= 0.3 is 0 Å². The molecule has 1 unspecified atom stereocenters. The minimum atomic E-state index is 0.289. The van der Waals surface area contributed by atoms with Gasteiger partial charge in [0, 0.05) is 24.4 Å². The number of halogens is 1. The molecule has 21 heavy (non-hydrogen) atoms. The minimum Gasteiger partial charge on any atom is -0.313 e. The molecule has 0 fully saturated rings. The van der Waals surface area contributed by atoms with Crippen molar-refractivity contribution in [3.8, 4) is 0 Å². The number of aryl methyl sites for hydroxylation is 2. The molecule has 0 spiro atoms. The van der Waals surface area contributed by atoms with Crippen molar-refractivity contribution in [1.82, 2.24) is 15.1 Å².